The number of fused-ring (bicyclic) bond motifs is 1. The highest BCUT2D eigenvalue weighted by Crippen LogP contribution is 2.19. The lowest BCUT2D eigenvalue weighted by Gasteiger charge is -2.11. The highest BCUT2D eigenvalue weighted by molar-refractivity contribution is 5.82. The summed E-state index contributed by atoms with van der Waals surface area (Å²) in [6.07, 6.45) is 1.81. The number of ether oxygens (including phenoxy) is 1. The van der Waals surface area contributed by atoms with Gasteiger partial charge in [-0.15, -0.1) is 0 Å². The number of halogens is 1. The van der Waals surface area contributed by atoms with Crippen LogP contribution in [-0.2, 0) is 6.54 Å². The van der Waals surface area contributed by atoms with Crippen LogP contribution in [0.3, 0.4) is 0 Å². The van der Waals surface area contributed by atoms with Crippen molar-refractivity contribution in [3.8, 4) is 5.75 Å². The van der Waals surface area contributed by atoms with Crippen molar-refractivity contribution in [3.05, 3.63) is 76.5 Å². The molecule has 3 rings (SSSR count). The Balaban J connectivity index is 1.97. The van der Waals surface area contributed by atoms with Gasteiger partial charge in [-0.1, -0.05) is 12.1 Å². The van der Waals surface area contributed by atoms with Gasteiger partial charge in [-0.05, 0) is 61.2 Å². The molecule has 0 aliphatic carbocycles. The minimum atomic E-state index is -0.299. The van der Waals surface area contributed by atoms with E-state index in [1.54, 1.807) is 35.0 Å². The molecule has 0 fully saturated rings. The summed E-state index contributed by atoms with van der Waals surface area (Å²) < 4.78 is 20.5. The first-order valence-electron chi connectivity index (χ1n) is 7.57. The fourth-order valence-electron chi connectivity index (χ4n) is 2.57. The molecule has 0 saturated heterocycles. The Morgan fingerprint density at radius 1 is 1.13 bits per heavy atom. The minimum Gasteiger partial charge on any atom is -0.491 e. The van der Waals surface area contributed by atoms with Gasteiger partial charge < -0.3 is 9.30 Å². The highest BCUT2D eigenvalue weighted by atomic mass is 19.1. The Kier molecular flexibility index (Phi) is 4.15. The smallest absolute Gasteiger partial charge is 0.258 e. The molecule has 3 aromatic rings. The van der Waals surface area contributed by atoms with Crippen molar-refractivity contribution in [2.75, 3.05) is 0 Å². The van der Waals surface area contributed by atoms with Gasteiger partial charge in [0.2, 0.25) is 0 Å². The molecule has 23 heavy (non-hydrogen) atoms. The third-order valence-corrected chi connectivity index (χ3v) is 3.56. The molecule has 4 heteroatoms. The Bertz CT molecular complexity index is 899. The highest BCUT2D eigenvalue weighted by Gasteiger charge is 2.06. The van der Waals surface area contributed by atoms with Crippen LogP contribution in [0.1, 0.15) is 19.4 Å². The van der Waals surface area contributed by atoms with Crippen LogP contribution in [0.4, 0.5) is 4.39 Å². The van der Waals surface area contributed by atoms with Crippen LogP contribution >= 0.6 is 0 Å². The van der Waals surface area contributed by atoms with Crippen LogP contribution in [-0.4, -0.2) is 10.7 Å². The minimum absolute atomic E-state index is 0.0841. The van der Waals surface area contributed by atoms with Crippen molar-refractivity contribution in [1.29, 1.82) is 0 Å². The first-order valence-corrected chi connectivity index (χ1v) is 7.57. The average molecular weight is 311 g/mol. The maximum Gasteiger partial charge on any atom is 0.258 e. The molecule has 0 unspecified atom stereocenters. The van der Waals surface area contributed by atoms with Gasteiger partial charge >= 0.3 is 0 Å². The molecule has 0 radical (unpaired) electrons. The number of aromatic nitrogens is 1. The molecule has 0 saturated carbocycles. The monoisotopic (exact) mass is 311 g/mol. The third-order valence-electron chi connectivity index (χ3n) is 3.56. The fraction of sp³-hybridized carbons (Fsp3) is 0.211. The van der Waals surface area contributed by atoms with Crippen LogP contribution in [0.25, 0.3) is 10.8 Å². The largest absolute Gasteiger partial charge is 0.491 e. The molecule has 1 heterocycles. The Morgan fingerprint density at radius 3 is 2.70 bits per heavy atom. The van der Waals surface area contributed by atoms with Crippen LogP contribution in [0.5, 0.6) is 5.75 Å². The summed E-state index contributed by atoms with van der Waals surface area (Å²) in [6, 6.07) is 13.6. The molecular formula is C19H18FNO2. The Morgan fingerprint density at radius 2 is 1.96 bits per heavy atom. The number of hydrogen-bond acceptors (Lipinski definition) is 2. The van der Waals surface area contributed by atoms with Gasteiger partial charge in [-0.25, -0.2) is 4.39 Å². The van der Waals surface area contributed by atoms with E-state index in [-0.39, 0.29) is 17.5 Å². The number of pyridine rings is 1. The van der Waals surface area contributed by atoms with Crippen LogP contribution in [0.2, 0.25) is 0 Å². The first kappa shape index (κ1) is 15.3. The number of hydrogen-bond donors (Lipinski definition) is 0. The molecule has 0 bridgehead atoms. The molecule has 2 aromatic carbocycles. The lowest BCUT2D eigenvalue weighted by molar-refractivity contribution is 0.243. The van der Waals surface area contributed by atoms with E-state index in [1.807, 2.05) is 26.0 Å². The van der Waals surface area contributed by atoms with Gasteiger partial charge in [0.15, 0.2) is 0 Å². The molecule has 118 valence electrons. The summed E-state index contributed by atoms with van der Waals surface area (Å²) in [5.41, 5.74) is 0.661. The maximum atomic E-state index is 13.3. The molecular weight excluding hydrogens is 293 g/mol. The van der Waals surface area contributed by atoms with E-state index in [2.05, 4.69) is 0 Å². The lowest BCUT2D eigenvalue weighted by atomic mass is 10.1. The zero-order chi connectivity index (χ0) is 16.4. The van der Waals surface area contributed by atoms with Gasteiger partial charge in [-0.2, -0.15) is 0 Å². The molecule has 0 amide bonds. The molecule has 0 aliphatic heterocycles. The van der Waals surface area contributed by atoms with Crippen LogP contribution < -0.4 is 10.3 Å². The summed E-state index contributed by atoms with van der Waals surface area (Å²) in [5.74, 6) is 0.446. The van der Waals surface area contributed by atoms with E-state index < -0.39 is 0 Å². The van der Waals surface area contributed by atoms with Crippen molar-refractivity contribution in [3.63, 3.8) is 0 Å². The summed E-state index contributed by atoms with van der Waals surface area (Å²) in [4.78, 5) is 12.6. The first-order chi connectivity index (χ1) is 11.0. The maximum absolute atomic E-state index is 13.3. The zero-order valence-electron chi connectivity index (χ0n) is 13.1. The SMILES string of the molecule is CC(C)Oc1ccc2c(=O)n(Cc3cccc(F)c3)ccc2c1. The van der Waals surface area contributed by atoms with Gasteiger partial charge in [0.05, 0.1) is 12.6 Å². The van der Waals surface area contributed by atoms with E-state index in [4.69, 9.17) is 4.74 Å². The summed E-state index contributed by atoms with van der Waals surface area (Å²) in [5, 5.41) is 1.46. The fourth-order valence-corrected chi connectivity index (χ4v) is 2.57. The lowest BCUT2D eigenvalue weighted by Crippen LogP contribution is -2.20. The Labute approximate surface area is 134 Å². The predicted octanol–water partition coefficient (Wildman–Crippen LogP) is 3.98. The van der Waals surface area contributed by atoms with Gasteiger partial charge in [0.1, 0.15) is 11.6 Å². The van der Waals surface area contributed by atoms with Crippen molar-refractivity contribution >= 4 is 10.8 Å². The zero-order valence-corrected chi connectivity index (χ0v) is 13.1. The number of rotatable bonds is 4. The molecule has 0 aliphatic rings. The number of nitrogens with zero attached hydrogens (tertiary/aromatic N) is 1. The van der Waals surface area contributed by atoms with Crippen LogP contribution in [0, 0.1) is 5.82 Å². The molecule has 0 spiro atoms. The Hall–Kier alpha value is -2.62. The van der Waals surface area contributed by atoms with Crippen molar-refractivity contribution < 1.29 is 9.13 Å². The second-order valence-corrected chi connectivity index (χ2v) is 5.79. The normalized spacial score (nSPS) is 11.1. The standard InChI is InChI=1S/C19H18FNO2/c1-13(2)23-17-6-7-18-15(11-17)8-9-21(19(18)22)12-14-4-3-5-16(20)10-14/h3-11,13H,12H2,1-2H3. The van der Waals surface area contributed by atoms with E-state index in [0.29, 0.717) is 11.9 Å². The van der Waals surface area contributed by atoms with Gasteiger partial charge in [0, 0.05) is 11.6 Å². The van der Waals surface area contributed by atoms with E-state index in [9.17, 15) is 9.18 Å². The molecule has 1 aromatic heterocycles. The summed E-state index contributed by atoms with van der Waals surface area (Å²) in [6.45, 7) is 4.26. The topological polar surface area (TPSA) is 31.2 Å². The van der Waals surface area contributed by atoms with Gasteiger partial charge in [0.25, 0.3) is 5.56 Å². The second kappa shape index (κ2) is 6.24. The van der Waals surface area contributed by atoms with Crippen molar-refractivity contribution in [2.45, 2.75) is 26.5 Å². The van der Waals surface area contributed by atoms with E-state index >= 15 is 0 Å². The third kappa shape index (κ3) is 3.42. The van der Waals surface area contributed by atoms with Crippen molar-refractivity contribution in [2.24, 2.45) is 0 Å². The van der Waals surface area contributed by atoms with E-state index in [0.717, 1.165) is 16.7 Å². The molecule has 0 atom stereocenters. The summed E-state index contributed by atoms with van der Waals surface area (Å²) >= 11 is 0. The number of benzene rings is 2. The molecule has 0 N–H and O–H groups in total. The quantitative estimate of drug-likeness (QED) is 0.730. The second-order valence-electron chi connectivity index (χ2n) is 5.79. The van der Waals surface area contributed by atoms with Gasteiger partial charge in [-0.3, -0.25) is 4.79 Å². The van der Waals surface area contributed by atoms with E-state index in [1.165, 1.54) is 12.1 Å². The predicted molar refractivity (Wildman–Crippen MR) is 89.5 cm³/mol. The van der Waals surface area contributed by atoms with Crippen molar-refractivity contribution in [1.82, 2.24) is 4.57 Å². The summed E-state index contributed by atoms with van der Waals surface area (Å²) in [7, 11) is 0. The average Bonchev–Trinajstić information content (AvgIpc) is 2.50. The molecule has 3 nitrogen and oxygen atoms in total. The van der Waals surface area contributed by atoms with Crippen LogP contribution in [0.15, 0.2) is 59.5 Å².